The van der Waals surface area contributed by atoms with Crippen LogP contribution in [0.5, 0.6) is 0 Å². The van der Waals surface area contributed by atoms with Crippen molar-refractivity contribution in [2.24, 2.45) is 0 Å². The maximum absolute atomic E-state index is 12.2. The lowest BCUT2D eigenvalue weighted by atomic mass is 10.2. The highest BCUT2D eigenvalue weighted by Gasteiger charge is 2.17. The molecule has 2 heterocycles. The second-order valence-corrected chi connectivity index (χ2v) is 3.57. The summed E-state index contributed by atoms with van der Waals surface area (Å²) in [5.74, 6) is -0.157. The van der Waals surface area contributed by atoms with Gasteiger partial charge in [-0.3, -0.25) is 4.79 Å². The molecule has 0 unspecified atom stereocenters. The summed E-state index contributed by atoms with van der Waals surface area (Å²) in [6, 6.07) is 7.53. The van der Waals surface area contributed by atoms with Crippen molar-refractivity contribution in [3.05, 3.63) is 36.2 Å². The Hall–Kier alpha value is -2.35. The summed E-state index contributed by atoms with van der Waals surface area (Å²) < 4.78 is 1.65. The highest BCUT2D eigenvalue weighted by molar-refractivity contribution is 6.00. The van der Waals surface area contributed by atoms with Gasteiger partial charge in [0.05, 0.1) is 23.3 Å². The van der Waals surface area contributed by atoms with Crippen LogP contribution in [-0.2, 0) is 0 Å². The van der Waals surface area contributed by atoms with Crippen LogP contribution in [-0.4, -0.2) is 33.5 Å². The molecule has 2 aromatic heterocycles. The van der Waals surface area contributed by atoms with Gasteiger partial charge in [-0.1, -0.05) is 6.07 Å². The minimum Gasteiger partial charge on any atom is -0.325 e. The van der Waals surface area contributed by atoms with Crippen molar-refractivity contribution in [2.75, 3.05) is 13.1 Å². The molecule has 0 spiro atoms. The first kappa shape index (κ1) is 11.1. The van der Waals surface area contributed by atoms with Crippen LogP contribution < -0.4 is 0 Å². The van der Waals surface area contributed by atoms with E-state index in [2.05, 4.69) is 5.10 Å². The lowest BCUT2D eigenvalue weighted by Crippen LogP contribution is -2.31. The van der Waals surface area contributed by atoms with E-state index < -0.39 is 0 Å². The Morgan fingerprint density at radius 1 is 1.59 bits per heavy atom. The summed E-state index contributed by atoms with van der Waals surface area (Å²) in [4.78, 5) is 13.7. The number of rotatable bonds is 3. The second-order valence-electron chi connectivity index (χ2n) is 3.57. The van der Waals surface area contributed by atoms with E-state index in [9.17, 15) is 4.79 Å². The summed E-state index contributed by atoms with van der Waals surface area (Å²) in [6.45, 7) is 2.46. The SMILES string of the molecule is CCN(CC#N)C(=O)c1cnn2ccccc12. The molecule has 2 rings (SSSR count). The maximum atomic E-state index is 12.2. The van der Waals surface area contributed by atoms with Gasteiger partial charge in [-0.25, -0.2) is 4.52 Å². The smallest absolute Gasteiger partial charge is 0.258 e. The van der Waals surface area contributed by atoms with Crippen LogP contribution in [0.1, 0.15) is 17.3 Å². The van der Waals surface area contributed by atoms with Crippen LogP contribution in [0.25, 0.3) is 5.52 Å². The third-order valence-corrected chi connectivity index (χ3v) is 2.59. The summed E-state index contributed by atoms with van der Waals surface area (Å²) >= 11 is 0. The number of fused-ring (bicyclic) bond motifs is 1. The van der Waals surface area contributed by atoms with Crippen LogP contribution >= 0.6 is 0 Å². The van der Waals surface area contributed by atoms with E-state index in [4.69, 9.17) is 5.26 Å². The normalized spacial score (nSPS) is 10.1. The van der Waals surface area contributed by atoms with Gasteiger partial charge in [-0.05, 0) is 19.1 Å². The molecular weight excluding hydrogens is 216 g/mol. The van der Waals surface area contributed by atoms with Crippen LogP contribution in [0.2, 0.25) is 0 Å². The zero-order valence-electron chi connectivity index (χ0n) is 9.50. The highest BCUT2D eigenvalue weighted by Crippen LogP contribution is 2.12. The topological polar surface area (TPSA) is 61.4 Å². The predicted molar refractivity (Wildman–Crippen MR) is 62.4 cm³/mol. The lowest BCUT2D eigenvalue weighted by Gasteiger charge is -2.16. The molecule has 0 aliphatic rings. The Bertz CT molecular complexity index is 581. The molecule has 0 aliphatic heterocycles. The standard InChI is InChI=1S/C12H12N4O/c1-2-15(8-6-13)12(17)10-9-14-16-7-4-3-5-11(10)16/h3-5,7,9H,2,8H2,1H3. The van der Waals surface area contributed by atoms with E-state index in [0.29, 0.717) is 12.1 Å². The zero-order chi connectivity index (χ0) is 12.3. The molecule has 0 N–H and O–H groups in total. The molecule has 17 heavy (non-hydrogen) atoms. The van der Waals surface area contributed by atoms with Gasteiger partial charge >= 0.3 is 0 Å². The van der Waals surface area contributed by atoms with E-state index in [0.717, 1.165) is 5.52 Å². The Balaban J connectivity index is 2.40. The van der Waals surface area contributed by atoms with E-state index in [1.165, 1.54) is 11.1 Å². The first-order valence-electron chi connectivity index (χ1n) is 5.36. The minimum atomic E-state index is -0.157. The molecule has 2 aromatic rings. The molecule has 86 valence electrons. The van der Waals surface area contributed by atoms with Gasteiger partial charge in [0.1, 0.15) is 6.54 Å². The van der Waals surface area contributed by atoms with Crippen molar-refractivity contribution in [3.8, 4) is 6.07 Å². The summed E-state index contributed by atoms with van der Waals surface area (Å²) in [7, 11) is 0. The van der Waals surface area contributed by atoms with Crippen LogP contribution in [0.3, 0.4) is 0 Å². The number of hydrogen-bond donors (Lipinski definition) is 0. The first-order chi connectivity index (χ1) is 8.27. The van der Waals surface area contributed by atoms with Crippen molar-refractivity contribution in [1.29, 1.82) is 5.26 Å². The fraction of sp³-hybridized carbons (Fsp3) is 0.250. The Kier molecular flexibility index (Phi) is 3.06. The van der Waals surface area contributed by atoms with Crippen molar-refractivity contribution >= 4 is 11.4 Å². The van der Waals surface area contributed by atoms with Crippen molar-refractivity contribution in [1.82, 2.24) is 14.5 Å². The Morgan fingerprint density at radius 2 is 2.41 bits per heavy atom. The molecule has 0 atom stereocenters. The molecule has 0 aliphatic carbocycles. The fourth-order valence-corrected chi connectivity index (χ4v) is 1.68. The molecule has 0 saturated carbocycles. The first-order valence-corrected chi connectivity index (χ1v) is 5.36. The third-order valence-electron chi connectivity index (χ3n) is 2.59. The number of pyridine rings is 1. The number of nitrogens with zero attached hydrogens (tertiary/aromatic N) is 4. The van der Waals surface area contributed by atoms with Crippen molar-refractivity contribution in [3.63, 3.8) is 0 Å². The van der Waals surface area contributed by atoms with Gasteiger partial charge in [0, 0.05) is 12.7 Å². The van der Waals surface area contributed by atoms with Gasteiger partial charge in [-0.2, -0.15) is 10.4 Å². The Labute approximate surface area is 98.9 Å². The number of aromatic nitrogens is 2. The van der Waals surface area contributed by atoms with Gasteiger partial charge in [0.15, 0.2) is 0 Å². The molecular formula is C12H12N4O. The van der Waals surface area contributed by atoms with Gasteiger partial charge in [-0.15, -0.1) is 0 Å². The highest BCUT2D eigenvalue weighted by atomic mass is 16.2. The summed E-state index contributed by atoms with van der Waals surface area (Å²) in [6.07, 6.45) is 3.32. The molecule has 0 bridgehead atoms. The number of amides is 1. The predicted octanol–water partition coefficient (Wildman–Crippen LogP) is 1.32. The van der Waals surface area contributed by atoms with Gasteiger partial charge < -0.3 is 4.90 Å². The lowest BCUT2D eigenvalue weighted by molar-refractivity contribution is 0.0786. The summed E-state index contributed by atoms with van der Waals surface area (Å²) in [5, 5.41) is 12.8. The van der Waals surface area contributed by atoms with Crippen molar-refractivity contribution in [2.45, 2.75) is 6.92 Å². The number of hydrogen-bond acceptors (Lipinski definition) is 3. The molecule has 5 nitrogen and oxygen atoms in total. The van der Waals surface area contributed by atoms with Crippen LogP contribution in [0.4, 0.5) is 0 Å². The van der Waals surface area contributed by atoms with Crippen LogP contribution in [0, 0.1) is 11.3 Å². The monoisotopic (exact) mass is 228 g/mol. The number of nitriles is 1. The molecule has 5 heteroatoms. The average Bonchev–Trinajstić information content (AvgIpc) is 2.79. The third kappa shape index (κ3) is 1.97. The Morgan fingerprint density at radius 3 is 3.12 bits per heavy atom. The van der Waals surface area contributed by atoms with E-state index >= 15 is 0 Å². The molecule has 0 fully saturated rings. The molecule has 0 radical (unpaired) electrons. The summed E-state index contributed by atoms with van der Waals surface area (Å²) in [5.41, 5.74) is 1.29. The fourth-order valence-electron chi connectivity index (χ4n) is 1.68. The average molecular weight is 228 g/mol. The quantitative estimate of drug-likeness (QED) is 0.744. The van der Waals surface area contributed by atoms with E-state index in [1.54, 1.807) is 10.7 Å². The number of carbonyl (C=O) groups excluding carboxylic acids is 1. The molecule has 1 amide bonds. The van der Waals surface area contributed by atoms with Crippen molar-refractivity contribution < 1.29 is 4.79 Å². The zero-order valence-corrected chi connectivity index (χ0v) is 9.50. The number of carbonyl (C=O) groups is 1. The van der Waals surface area contributed by atoms with Gasteiger partial charge in [0.2, 0.25) is 0 Å². The molecule has 0 saturated heterocycles. The minimum absolute atomic E-state index is 0.0967. The van der Waals surface area contributed by atoms with E-state index in [1.807, 2.05) is 31.2 Å². The van der Waals surface area contributed by atoms with Crippen LogP contribution in [0.15, 0.2) is 30.6 Å². The van der Waals surface area contributed by atoms with E-state index in [-0.39, 0.29) is 12.5 Å². The largest absolute Gasteiger partial charge is 0.325 e. The second kappa shape index (κ2) is 4.66. The maximum Gasteiger partial charge on any atom is 0.258 e. The van der Waals surface area contributed by atoms with Gasteiger partial charge in [0.25, 0.3) is 5.91 Å². The molecule has 0 aromatic carbocycles.